The van der Waals surface area contributed by atoms with Crippen molar-refractivity contribution in [2.45, 2.75) is 37.4 Å². The predicted octanol–water partition coefficient (Wildman–Crippen LogP) is -0.0165. The lowest BCUT2D eigenvalue weighted by Crippen LogP contribution is -2.64. The average molecular weight is 303 g/mol. The number of fused-ring (bicyclic) bond motifs is 2. The Hall–Kier alpha value is -2.31. The second-order valence-corrected chi connectivity index (χ2v) is 6.01. The van der Waals surface area contributed by atoms with E-state index < -0.39 is 6.04 Å². The molecule has 1 N–H and O–H groups in total. The molecule has 7 nitrogen and oxygen atoms in total. The summed E-state index contributed by atoms with van der Waals surface area (Å²) >= 11 is 0. The van der Waals surface area contributed by atoms with Gasteiger partial charge in [0.1, 0.15) is 12.1 Å². The molecule has 4 rings (SSSR count). The summed E-state index contributed by atoms with van der Waals surface area (Å²) in [6.45, 7) is 1.15. The fourth-order valence-corrected chi connectivity index (χ4v) is 3.79. The summed E-state index contributed by atoms with van der Waals surface area (Å²) < 4.78 is 5.07. The van der Waals surface area contributed by atoms with Crippen molar-refractivity contribution < 1.29 is 18.8 Å². The van der Waals surface area contributed by atoms with Gasteiger partial charge < -0.3 is 19.5 Å². The Bertz CT molecular complexity index is 627. The van der Waals surface area contributed by atoms with Gasteiger partial charge in [-0.3, -0.25) is 14.4 Å². The number of piperazine rings is 1. The van der Waals surface area contributed by atoms with Crippen molar-refractivity contribution in [1.82, 2.24) is 15.1 Å². The zero-order chi connectivity index (χ0) is 15.3. The Morgan fingerprint density at radius 2 is 2.05 bits per heavy atom. The maximum atomic E-state index is 12.7. The van der Waals surface area contributed by atoms with E-state index in [4.69, 9.17) is 4.42 Å². The lowest BCUT2D eigenvalue weighted by atomic mass is 10.0. The molecule has 116 valence electrons. The van der Waals surface area contributed by atoms with Crippen LogP contribution in [0.25, 0.3) is 0 Å². The first kappa shape index (κ1) is 13.4. The van der Waals surface area contributed by atoms with Crippen molar-refractivity contribution in [2.75, 3.05) is 13.1 Å². The van der Waals surface area contributed by atoms with Crippen LogP contribution in [0.1, 0.15) is 29.8 Å². The summed E-state index contributed by atoms with van der Waals surface area (Å²) in [7, 11) is 0. The summed E-state index contributed by atoms with van der Waals surface area (Å²) in [4.78, 5) is 40.6. The molecule has 7 heteroatoms. The Balaban J connectivity index is 1.55. The summed E-state index contributed by atoms with van der Waals surface area (Å²) in [6.07, 6.45) is 3.64. The second-order valence-electron chi connectivity index (χ2n) is 6.01. The van der Waals surface area contributed by atoms with Gasteiger partial charge in [-0.25, -0.2) is 0 Å². The standard InChI is InChI=1S/C15H17N3O4/c19-13(11-4-2-8-22-11)16-9-5-7-18-12(9)15(21)17-6-1-3-10(17)14(18)20/h2,4,8-10,12H,1,3,5-7H2,(H,16,19). The highest BCUT2D eigenvalue weighted by atomic mass is 16.3. The minimum absolute atomic E-state index is 0.0249. The monoisotopic (exact) mass is 303 g/mol. The number of rotatable bonds is 2. The Morgan fingerprint density at radius 1 is 1.18 bits per heavy atom. The number of amides is 3. The van der Waals surface area contributed by atoms with Crippen molar-refractivity contribution in [2.24, 2.45) is 0 Å². The number of furan rings is 1. The van der Waals surface area contributed by atoms with Gasteiger partial charge in [-0.2, -0.15) is 0 Å². The van der Waals surface area contributed by atoms with E-state index in [0.717, 1.165) is 12.8 Å². The molecule has 0 saturated carbocycles. The Morgan fingerprint density at radius 3 is 2.82 bits per heavy atom. The Kier molecular flexibility index (Phi) is 2.95. The molecule has 0 spiro atoms. The molecule has 3 aliphatic heterocycles. The fraction of sp³-hybridized carbons (Fsp3) is 0.533. The van der Waals surface area contributed by atoms with Crippen LogP contribution in [0.4, 0.5) is 0 Å². The van der Waals surface area contributed by atoms with E-state index in [0.29, 0.717) is 19.5 Å². The van der Waals surface area contributed by atoms with Crippen molar-refractivity contribution in [3.05, 3.63) is 24.2 Å². The number of hydrogen-bond acceptors (Lipinski definition) is 4. The largest absolute Gasteiger partial charge is 0.459 e. The summed E-state index contributed by atoms with van der Waals surface area (Å²) in [5.41, 5.74) is 0. The van der Waals surface area contributed by atoms with E-state index in [1.165, 1.54) is 6.26 Å². The lowest BCUT2D eigenvalue weighted by molar-refractivity contribution is -0.157. The molecule has 3 saturated heterocycles. The third-order valence-corrected chi connectivity index (χ3v) is 4.82. The van der Waals surface area contributed by atoms with Gasteiger partial charge in [-0.05, 0) is 31.4 Å². The van der Waals surface area contributed by atoms with Gasteiger partial charge in [0.25, 0.3) is 5.91 Å². The van der Waals surface area contributed by atoms with E-state index in [9.17, 15) is 14.4 Å². The third-order valence-electron chi connectivity index (χ3n) is 4.82. The van der Waals surface area contributed by atoms with Crippen LogP contribution in [0.15, 0.2) is 22.8 Å². The van der Waals surface area contributed by atoms with Crippen molar-refractivity contribution in [1.29, 1.82) is 0 Å². The quantitative estimate of drug-likeness (QED) is 0.832. The SMILES string of the molecule is O=C(NC1CCN2C(=O)C3CCCN3C(=O)C12)c1ccco1. The van der Waals surface area contributed by atoms with Crippen molar-refractivity contribution in [3.63, 3.8) is 0 Å². The lowest BCUT2D eigenvalue weighted by Gasteiger charge is -2.40. The Labute approximate surface area is 127 Å². The maximum absolute atomic E-state index is 12.7. The van der Waals surface area contributed by atoms with Crippen LogP contribution in [0.3, 0.4) is 0 Å². The zero-order valence-electron chi connectivity index (χ0n) is 12.0. The molecule has 1 aromatic rings. The van der Waals surface area contributed by atoms with E-state index in [1.807, 2.05) is 0 Å². The molecule has 4 heterocycles. The molecule has 0 aliphatic carbocycles. The van der Waals surface area contributed by atoms with Crippen LogP contribution in [-0.4, -0.2) is 58.7 Å². The predicted molar refractivity (Wildman–Crippen MR) is 74.8 cm³/mol. The number of carbonyl (C=O) groups is 3. The molecule has 0 radical (unpaired) electrons. The normalized spacial score (nSPS) is 30.5. The van der Waals surface area contributed by atoms with E-state index in [2.05, 4.69) is 5.32 Å². The molecule has 1 aromatic heterocycles. The minimum atomic E-state index is -0.569. The molecular weight excluding hydrogens is 286 g/mol. The smallest absolute Gasteiger partial charge is 0.287 e. The van der Waals surface area contributed by atoms with Gasteiger partial charge in [-0.1, -0.05) is 0 Å². The summed E-state index contributed by atoms with van der Waals surface area (Å²) in [5, 5.41) is 2.84. The molecule has 22 heavy (non-hydrogen) atoms. The highest BCUT2D eigenvalue weighted by Gasteiger charge is 2.53. The molecule has 0 bridgehead atoms. The first-order valence-electron chi connectivity index (χ1n) is 7.62. The molecule has 3 unspecified atom stereocenters. The molecular formula is C15H17N3O4. The van der Waals surface area contributed by atoms with Gasteiger partial charge in [-0.15, -0.1) is 0 Å². The average Bonchev–Trinajstić information content (AvgIpc) is 3.24. The van der Waals surface area contributed by atoms with Crippen LogP contribution in [0.2, 0.25) is 0 Å². The summed E-state index contributed by atoms with van der Waals surface area (Å²) in [5.74, 6) is -0.145. The van der Waals surface area contributed by atoms with Crippen LogP contribution in [0, 0.1) is 0 Å². The molecule has 3 fully saturated rings. The molecule has 3 atom stereocenters. The first-order chi connectivity index (χ1) is 10.7. The highest BCUT2D eigenvalue weighted by Crippen LogP contribution is 2.32. The minimum Gasteiger partial charge on any atom is -0.459 e. The van der Waals surface area contributed by atoms with Crippen LogP contribution >= 0.6 is 0 Å². The maximum Gasteiger partial charge on any atom is 0.287 e. The van der Waals surface area contributed by atoms with Crippen LogP contribution < -0.4 is 5.32 Å². The van der Waals surface area contributed by atoms with Crippen molar-refractivity contribution >= 4 is 17.7 Å². The van der Waals surface area contributed by atoms with Gasteiger partial charge >= 0.3 is 0 Å². The van der Waals surface area contributed by atoms with Crippen LogP contribution in [-0.2, 0) is 9.59 Å². The van der Waals surface area contributed by atoms with Crippen molar-refractivity contribution in [3.8, 4) is 0 Å². The molecule has 0 aromatic carbocycles. The van der Waals surface area contributed by atoms with Crippen LogP contribution in [0.5, 0.6) is 0 Å². The number of hydrogen-bond donors (Lipinski definition) is 1. The van der Waals surface area contributed by atoms with Gasteiger partial charge in [0.2, 0.25) is 11.8 Å². The number of nitrogens with zero attached hydrogens (tertiary/aromatic N) is 2. The van der Waals surface area contributed by atoms with E-state index in [-0.39, 0.29) is 35.6 Å². The van der Waals surface area contributed by atoms with Gasteiger partial charge in [0.15, 0.2) is 5.76 Å². The second kappa shape index (κ2) is 4.86. The molecule has 3 amide bonds. The highest BCUT2D eigenvalue weighted by molar-refractivity contribution is 5.99. The topological polar surface area (TPSA) is 82.9 Å². The fourth-order valence-electron chi connectivity index (χ4n) is 3.79. The number of nitrogens with one attached hydrogen (secondary N) is 1. The first-order valence-corrected chi connectivity index (χ1v) is 7.62. The number of carbonyl (C=O) groups excluding carboxylic acids is 3. The molecule has 3 aliphatic rings. The zero-order valence-corrected chi connectivity index (χ0v) is 12.0. The van der Waals surface area contributed by atoms with Gasteiger partial charge in [0.05, 0.1) is 12.3 Å². The van der Waals surface area contributed by atoms with E-state index >= 15 is 0 Å². The third kappa shape index (κ3) is 1.84. The summed E-state index contributed by atoms with van der Waals surface area (Å²) in [6, 6.07) is 2.01. The van der Waals surface area contributed by atoms with E-state index in [1.54, 1.807) is 21.9 Å². The van der Waals surface area contributed by atoms with Gasteiger partial charge in [0, 0.05) is 13.1 Å².